The highest BCUT2D eigenvalue weighted by atomic mass is 16.1. The van der Waals surface area contributed by atoms with Crippen LogP contribution >= 0.6 is 0 Å². The Morgan fingerprint density at radius 3 is 2.70 bits per heavy atom. The number of nitrogens with one attached hydrogen (secondary N) is 1. The van der Waals surface area contributed by atoms with Crippen molar-refractivity contribution < 1.29 is 4.79 Å². The second kappa shape index (κ2) is 7.41. The smallest absolute Gasteiger partial charge is 0.224 e. The van der Waals surface area contributed by atoms with E-state index in [1.165, 1.54) is 6.42 Å². The Hall–Kier alpha value is -1.39. The van der Waals surface area contributed by atoms with Crippen molar-refractivity contribution in [2.75, 3.05) is 19.6 Å². The van der Waals surface area contributed by atoms with Crippen LogP contribution in [0.4, 0.5) is 0 Å². The summed E-state index contributed by atoms with van der Waals surface area (Å²) in [6.07, 6.45) is 2.71. The number of nitrogens with zero attached hydrogens (tertiary/aromatic N) is 1. The van der Waals surface area contributed by atoms with Crippen LogP contribution in [0.2, 0.25) is 0 Å². The number of nitrogens with two attached hydrogens (primary N) is 1. The molecule has 0 radical (unpaired) electrons. The molecule has 1 aliphatic rings. The third-order valence-electron chi connectivity index (χ3n) is 3.94. The molecule has 0 saturated carbocycles. The minimum atomic E-state index is 0.119. The molecule has 0 aromatic heterocycles. The van der Waals surface area contributed by atoms with Gasteiger partial charge in [0, 0.05) is 19.1 Å². The van der Waals surface area contributed by atoms with Crippen molar-refractivity contribution in [3.63, 3.8) is 0 Å². The lowest BCUT2D eigenvalue weighted by molar-refractivity contribution is -0.121. The fraction of sp³-hybridized carbons (Fsp3) is 0.562. The van der Waals surface area contributed by atoms with E-state index in [2.05, 4.69) is 17.1 Å². The van der Waals surface area contributed by atoms with Gasteiger partial charge in [0.25, 0.3) is 0 Å². The van der Waals surface area contributed by atoms with Gasteiger partial charge in [-0.25, -0.2) is 0 Å². The van der Waals surface area contributed by atoms with Gasteiger partial charge in [-0.15, -0.1) is 0 Å². The summed E-state index contributed by atoms with van der Waals surface area (Å²) in [7, 11) is 0. The lowest BCUT2D eigenvalue weighted by Crippen LogP contribution is -2.47. The maximum absolute atomic E-state index is 12.1. The topological polar surface area (TPSA) is 58.4 Å². The first kappa shape index (κ1) is 15.0. The molecule has 20 heavy (non-hydrogen) atoms. The third kappa shape index (κ3) is 4.32. The van der Waals surface area contributed by atoms with Crippen LogP contribution in [0.5, 0.6) is 0 Å². The Morgan fingerprint density at radius 2 is 2.05 bits per heavy atom. The number of likely N-dealkylation sites (tertiary alicyclic amines) is 1. The summed E-state index contributed by atoms with van der Waals surface area (Å²) >= 11 is 0. The Kier molecular flexibility index (Phi) is 5.56. The molecule has 1 fully saturated rings. The number of amides is 1. The first-order valence-corrected chi connectivity index (χ1v) is 7.51. The molecule has 1 amide bonds. The standard InChI is InChI=1S/C16H25N3O/c1-2-19-9-3-4-15(12-19)18-16(20)10-13-5-7-14(11-17)8-6-13/h5-8,15H,2-4,9-12,17H2,1H3,(H,18,20). The summed E-state index contributed by atoms with van der Waals surface area (Å²) in [6, 6.07) is 8.26. The summed E-state index contributed by atoms with van der Waals surface area (Å²) in [5.41, 5.74) is 7.71. The van der Waals surface area contributed by atoms with E-state index in [-0.39, 0.29) is 5.91 Å². The molecule has 2 rings (SSSR count). The number of carbonyl (C=O) groups is 1. The normalized spacial score (nSPS) is 19.8. The Bertz CT molecular complexity index is 430. The highest BCUT2D eigenvalue weighted by Gasteiger charge is 2.20. The first-order valence-electron chi connectivity index (χ1n) is 7.51. The molecule has 0 spiro atoms. The monoisotopic (exact) mass is 275 g/mol. The molecule has 110 valence electrons. The summed E-state index contributed by atoms with van der Waals surface area (Å²) in [4.78, 5) is 14.5. The highest BCUT2D eigenvalue weighted by Crippen LogP contribution is 2.10. The van der Waals surface area contributed by atoms with Crippen molar-refractivity contribution in [3.05, 3.63) is 35.4 Å². The second-order valence-corrected chi connectivity index (χ2v) is 5.50. The molecule has 1 aromatic carbocycles. The van der Waals surface area contributed by atoms with E-state index in [0.29, 0.717) is 19.0 Å². The van der Waals surface area contributed by atoms with Gasteiger partial charge in [-0.1, -0.05) is 31.2 Å². The van der Waals surface area contributed by atoms with E-state index in [1.54, 1.807) is 0 Å². The summed E-state index contributed by atoms with van der Waals surface area (Å²) < 4.78 is 0. The zero-order valence-corrected chi connectivity index (χ0v) is 12.3. The molecule has 4 nitrogen and oxygen atoms in total. The van der Waals surface area contributed by atoms with Crippen LogP contribution in [0.25, 0.3) is 0 Å². The fourth-order valence-electron chi connectivity index (χ4n) is 2.72. The van der Waals surface area contributed by atoms with Crippen molar-refractivity contribution in [1.82, 2.24) is 10.2 Å². The maximum Gasteiger partial charge on any atom is 0.224 e. The number of hydrogen-bond donors (Lipinski definition) is 2. The Balaban J connectivity index is 1.82. The van der Waals surface area contributed by atoms with Gasteiger partial charge >= 0.3 is 0 Å². The number of carbonyl (C=O) groups excluding carboxylic acids is 1. The number of hydrogen-bond acceptors (Lipinski definition) is 3. The molecule has 1 heterocycles. The Labute approximate surface area is 121 Å². The zero-order chi connectivity index (χ0) is 14.4. The quantitative estimate of drug-likeness (QED) is 0.851. The molecule has 0 bridgehead atoms. The lowest BCUT2D eigenvalue weighted by atomic mass is 10.0. The molecule has 1 saturated heterocycles. The fourth-order valence-corrected chi connectivity index (χ4v) is 2.72. The van der Waals surface area contributed by atoms with Gasteiger partial charge in [-0.3, -0.25) is 4.79 Å². The molecule has 4 heteroatoms. The molecular formula is C16H25N3O. The van der Waals surface area contributed by atoms with Crippen molar-refractivity contribution in [3.8, 4) is 0 Å². The van der Waals surface area contributed by atoms with E-state index in [9.17, 15) is 4.79 Å². The Morgan fingerprint density at radius 1 is 1.35 bits per heavy atom. The summed E-state index contributed by atoms with van der Waals surface area (Å²) in [5.74, 6) is 0.119. The number of rotatable bonds is 5. The predicted octanol–water partition coefficient (Wildman–Crippen LogP) is 1.29. The molecule has 1 aliphatic heterocycles. The van der Waals surface area contributed by atoms with Crippen molar-refractivity contribution in [2.45, 2.75) is 38.8 Å². The van der Waals surface area contributed by atoms with E-state index in [0.717, 1.165) is 37.2 Å². The lowest BCUT2D eigenvalue weighted by Gasteiger charge is -2.32. The van der Waals surface area contributed by atoms with Crippen LogP contribution in [0, 0.1) is 0 Å². The average molecular weight is 275 g/mol. The predicted molar refractivity (Wildman–Crippen MR) is 81.3 cm³/mol. The van der Waals surface area contributed by atoms with Gasteiger partial charge in [-0.2, -0.15) is 0 Å². The number of likely N-dealkylation sites (N-methyl/N-ethyl adjacent to an activating group) is 1. The van der Waals surface area contributed by atoms with Crippen LogP contribution in [0.1, 0.15) is 30.9 Å². The van der Waals surface area contributed by atoms with Gasteiger partial charge in [0.15, 0.2) is 0 Å². The molecule has 1 aromatic rings. The van der Waals surface area contributed by atoms with E-state index >= 15 is 0 Å². The number of benzene rings is 1. The first-order chi connectivity index (χ1) is 9.71. The summed E-state index contributed by atoms with van der Waals surface area (Å²) in [6.45, 7) is 5.91. The summed E-state index contributed by atoms with van der Waals surface area (Å²) in [5, 5.41) is 3.15. The maximum atomic E-state index is 12.1. The second-order valence-electron chi connectivity index (χ2n) is 5.50. The van der Waals surface area contributed by atoms with Gasteiger partial charge in [0.1, 0.15) is 0 Å². The molecule has 1 unspecified atom stereocenters. The number of piperidine rings is 1. The minimum Gasteiger partial charge on any atom is -0.352 e. The van der Waals surface area contributed by atoms with E-state index in [4.69, 9.17) is 5.73 Å². The van der Waals surface area contributed by atoms with Gasteiger partial charge < -0.3 is 16.0 Å². The van der Waals surface area contributed by atoms with Crippen LogP contribution in [0.3, 0.4) is 0 Å². The van der Waals surface area contributed by atoms with Crippen LogP contribution in [-0.4, -0.2) is 36.5 Å². The van der Waals surface area contributed by atoms with Gasteiger partial charge in [0.2, 0.25) is 5.91 Å². The molecule has 0 aliphatic carbocycles. The van der Waals surface area contributed by atoms with Crippen molar-refractivity contribution in [2.24, 2.45) is 5.73 Å². The minimum absolute atomic E-state index is 0.119. The van der Waals surface area contributed by atoms with Gasteiger partial charge in [0.05, 0.1) is 6.42 Å². The zero-order valence-electron chi connectivity index (χ0n) is 12.3. The SMILES string of the molecule is CCN1CCCC(NC(=O)Cc2ccc(CN)cc2)C1. The highest BCUT2D eigenvalue weighted by molar-refractivity contribution is 5.78. The molecule has 3 N–H and O–H groups in total. The van der Waals surface area contributed by atoms with E-state index in [1.807, 2.05) is 24.3 Å². The van der Waals surface area contributed by atoms with Crippen molar-refractivity contribution in [1.29, 1.82) is 0 Å². The van der Waals surface area contributed by atoms with Gasteiger partial charge in [-0.05, 0) is 37.1 Å². The van der Waals surface area contributed by atoms with Crippen LogP contribution < -0.4 is 11.1 Å². The molecule has 1 atom stereocenters. The van der Waals surface area contributed by atoms with Crippen LogP contribution in [-0.2, 0) is 17.8 Å². The van der Waals surface area contributed by atoms with Crippen molar-refractivity contribution >= 4 is 5.91 Å². The third-order valence-corrected chi connectivity index (χ3v) is 3.94. The average Bonchev–Trinajstić information content (AvgIpc) is 2.48. The van der Waals surface area contributed by atoms with E-state index < -0.39 is 0 Å². The largest absolute Gasteiger partial charge is 0.352 e. The van der Waals surface area contributed by atoms with Crippen LogP contribution in [0.15, 0.2) is 24.3 Å². The molecular weight excluding hydrogens is 250 g/mol.